The molecule has 0 aromatic heterocycles. The van der Waals surface area contributed by atoms with Crippen molar-refractivity contribution < 1.29 is 15.0 Å². The quantitative estimate of drug-likeness (QED) is 0.589. The van der Waals surface area contributed by atoms with Crippen molar-refractivity contribution in [2.24, 2.45) is 11.3 Å². The van der Waals surface area contributed by atoms with Gasteiger partial charge in [0.25, 0.3) is 0 Å². The molecule has 88 valence electrons. The average Bonchev–Trinajstić information content (AvgIpc) is 2.94. The molecule has 1 saturated carbocycles. The number of carboxylic acids is 1. The van der Waals surface area contributed by atoms with E-state index in [-0.39, 0.29) is 24.0 Å². The zero-order valence-electron chi connectivity index (χ0n) is 9.49. The Morgan fingerprint density at radius 2 is 2.07 bits per heavy atom. The van der Waals surface area contributed by atoms with Crippen molar-refractivity contribution in [3.8, 4) is 0 Å². The summed E-state index contributed by atoms with van der Waals surface area (Å²) in [7, 11) is 0. The highest BCUT2D eigenvalue weighted by molar-refractivity contribution is 5.70. The molecule has 0 radical (unpaired) electrons. The highest BCUT2D eigenvalue weighted by atomic mass is 16.4. The Balaban J connectivity index is 2.27. The van der Waals surface area contributed by atoms with Gasteiger partial charge in [-0.3, -0.25) is 4.79 Å². The van der Waals surface area contributed by atoms with Gasteiger partial charge in [-0.05, 0) is 31.6 Å². The van der Waals surface area contributed by atoms with Crippen LogP contribution < -0.4 is 5.32 Å². The molecule has 1 fully saturated rings. The maximum absolute atomic E-state index is 10.7. The van der Waals surface area contributed by atoms with E-state index in [0.717, 1.165) is 25.8 Å². The van der Waals surface area contributed by atoms with Gasteiger partial charge in [-0.2, -0.15) is 0 Å². The van der Waals surface area contributed by atoms with Gasteiger partial charge in [0.15, 0.2) is 0 Å². The van der Waals surface area contributed by atoms with Crippen LogP contribution in [-0.2, 0) is 4.79 Å². The third-order valence-electron chi connectivity index (χ3n) is 3.54. The van der Waals surface area contributed by atoms with Crippen molar-refractivity contribution in [2.45, 2.75) is 39.2 Å². The first-order valence-corrected chi connectivity index (χ1v) is 5.58. The number of aliphatic hydroxyl groups is 1. The molecular formula is C11H21NO3. The third kappa shape index (κ3) is 3.47. The van der Waals surface area contributed by atoms with Gasteiger partial charge in [-0.25, -0.2) is 0 Å². The summed E-state index contributed by atoms with van der Waals surface area (Å²) in [4.78, 5) is 10.7. The van der Waals surface area contributed by atoms with Crippen LogP contribution in [0.1, 0.15) is 33.1 Å². The molecule has 2 atom stereocenters. The normalized spacial score (nSPS) is 22.1. The number of carboxylic acid groups (broad SMARTS) is 1. The van der Waals surface area contributed by atoms with Gasteiger partial charge < -0.3 is 15.5 Å². The first-order chi connectivity index (χ1) is 7.01. The van der Waals surface area contributed by atoms with E-state index in [4.69, 9.17) is 10.2 Å². The van der Waals surface area contributed by atoms with Crippen LogP contribution in [0.5, 0.6) is 0 Å². The maximum Gasteiger partial charge on any atom is 0.307 e. The number of rotatable bonds is 7. The molecule has 0 spiro atoms. The zero-order valence-corrected chi connectivity index (χ0v) is 9.49. The van der Waals surface area contributed by atoms with E-state index in [2.05, 4.69) is 5.32 Å². The van der Waals surface area contributed by atoms with E-state index >= 15 is 0 Å². The van der Waals surface area contributed by atoms with Crippen LogP contribution in [0.2, 0.25) is 0 Å². The van der Waals surface area contributed by atoms with E-state index in [1.54, 1.807) is 6.92 Å². The van der Waals surface area contributed by atoms with Crippen LogP contribution >= 0.6 is 0 Å². The molecule has 0 aromatic rings. The molecule has 2 unspecified atom stereocenters. The highest BCUT2D eigenvalue weighted by Crippen LogP contribution is 2.48. The van der Waals surface area contributed by atoms with Crippen molar-refractivity contribution in [3.63, 3.8) is 0 Å². The molecule has 4 heteroatoms. The standard InChI is InChI=1S/C11H21NO3/c1-8(10(14)15)9(2)12-7-11(3-4-11)5-6-13/h8-9,12-13H,3-7H2,1-2H3,(H,14,15). The van der Waals surface area contributed by atoms with Crippen LogP contribution in [0, 0.1) is 11.3 Å². The van der Waals surface area contributed by atoms with Gasteiger partial charge in [0.05, 0.1) is 5.92 Å². The van der Waals surface area contributed by atoms with Gasteiger partial charge in [0, 0.05) is 19.2 Å². The van der Waals surface area contributed by atoms with Crippen LogP contribution in [0.4, 0.5) is 0 Å². The Morgan fingerprint density at radius 3 is 2.47 bits per heavy atom. The average molecular weight is 215 g/mol. The number of hydrogen-bond donors (Lipinski definition) is 3. The van der Waals surface area contributed by atoms with Crippen molar-refractivity contribution in [2.75, 3.05) is 13.2 Å². The van der Waals surface area contributed by atoms with Crippen LogP contribution in [0.3, 0.4) is 0 Å². The van der Waals surface area contributed by atoms with Gasteiger partial charge in [0.1, 0.15) is 0 Å². The summed E-state index contributed by atoms with van der Waals surface area (Å²) in [6, 6.07) is -0.0151. The predicted octanol–water partition coefficient (Wildman–Crippen LogP) is 0.848. The van der Waals surface area contributed by atoms with Crippen molar-refractivity contribution in [1.82, 2.24) is 5.32 Å². The lowest BCUT2D eigenvalue weighted by Gasteiger charge is -2.21. The Bertz CT molecular complexity index is 226. The van der Waals surface area contributed by atoms with Crippen molar-refractivity contribution >= 4 is 5.97 Å². The maximum atomic E-state index is 10.7. The van der Waals surface area contributed by atoms with Crippen LogP contribution in [0.25, 0.3) is 0 Å². The van der Waals surface area contributed by atoms with Gasteiger partial charge >= 0.3 is 5.97 Å². The van der Waals surface area contributed by atoms with E-state index < -0.39 is 5.97 Å². The van der Waals surface area contributed by atoms with Gasteiger partial charge in [0.2, 0.25) is 0 Å². The molecule has 4 nitrogen and oxygen atoms in total. The minimum absolute atomic E-state index is 0.0151. The second kappa shape index (κ2) is 4.94. The molecular weight excluding hydrogens is 194 g/mol. The number of hydrogen-bond acceptors (Lipinski definition) is 3. The fraction of sp³-hybridized carbons (Fsp3) is 0.909. The van der Waals surface area contributed by atoms with Crippen molar-refractivity contribution in [3.05, 3.63) is 0 Å². The molecule has 0 heterocycles. The van der Waals surface area contributed by atoms with E-state index in [9.17, 15) is 4.79 Å². The Labute approximate surface area is 90.7 Å². The molecule has 0 aliphatic heterocycles. The lowest BCUT2D eigenvalue weighted by atomic mass is 10.00. The summed E-state index contributed by atoms with van der Waals surface area (Å²) in [5, 5.41) is 21.0. The highest BCUT2D eigenvalue weighted by Gasteiger charge is 2.41. The zero-order chi connectivity index (χ0) is 11.5. The minimum atomic E-state index is -0.762. The van der Waals surface area contributed by atoms with E-state index in [1.807, 2.05) is 6.92 Å². The lowest BCUT2D eigenvalue weighted by molar-refractivity contribution is -0.141. The summed E-state index contributed by atoms with van der Waals surface area (Å²) < 4.78 is 0. The lowest BCUT2D eigenvalue weighted by Crippen LogP contribution is -2.39. The largest absolute Gasteiger partial charge is 0.481 e. The fourth-order valence-electron chi connectivity index (χ4n) is 1.70. The third-order valence-corrected chi connectivity index (χ3v) is 3.54. The Kier molecular flexibility index (Phi) is 4.11. The molecule has 0 aromatic carbocycles. The summed E-state index contributed by atoms with van der Waals surface area (Å²) >= 11 is 0. The molecule has 1 aliphatic carbocycles. The van der Waals surface area contributed by atoms with Gasteiger partial charge in [-0.15, -0.1) is 0 Å². The molecule has 1 rings (SSSR count). The Hall–Kier alpha value is -0.610. The molecule has 0 saturated heterocycles. The van der Waals surface area contributed by atoms with E-state index in [0.29, 0.717) is 0 Å². The van der Waals surface area contributed by atoms with Gasteiger partial charge in [-0.1, -0.05) is 6.92 Å². The molecule has 3 N–H and O–H groups in total. The molecule has 15 heavy (non-hydrogen) atoms. The van der Waals surface area contributed by atoms with Crippen LogP contribution in [0.15, 0.2) is 0 Å². The first-order valence-electron chi connectivity index (χ1n) is 5.58. The monoisotopic (exact) mass is 215 g/mol. The van der Waals surface area contributed by atoms with Crippen LogP contribution in [-0.4, -0.2) is 35.4 Å². The SMILES string of the molecule is CC(NCC1(CCO)CC1)C(C)C(=O)O. The fourth-order valence-corrected chi connectivity index (χ4v) is 1.70. The van der Waals surface area contributed by atoms with Crippen molar-refractivity contribution in [1.29, 1.82) is 0 Å². The summed E-state index contributed by atoms with van der Waals surface area (Å²) in [6.45, 7) is 4.66. The number of nitrogens with one attached hydrogen (secondary N) is 1. The summed E-state index contributed by atoms with van der Waals surface area (Å²) in [5.74, 6) is -1.13. The summed E-state index contributed by atoms with van der Waals surface area (Å²) in [6.07, 6.45) is 3.12. The number of aliphatic carboxylic acids is 1. The number of carbonyl (C=O) groups is 1. The first kappa shape index (κ1) is 12.5. The second-order valence-corrected chi connectivity index (χ2v) is 4.77. The van der Waals surface area contributed by atoms with E-state index in [1.165, 1.54) is 0 Å². The summed E-state index contributed by atoms with van der Waals surface area (Å²) in [5.41, 5.74) is 0.251. The molecule has 1 aliphatic rings. The smallest absolute Gasteiger partial charge is 0.307 e. The number of aliphatic hydroxyl groups excluding tert-OH is 1. The molecule has 0 bridgehead atoms. The second-order valence-electron chi connectivity index (χ2n) is 4.77. The molecule has 0 amide bonds. The predicted molar refractivity (Wildman–Crippen MR) is 57.6 cm³/mol. The topological polar surface area (TPSA) is 69.6 Å². The minimum Gasteiger partial charge on any atom is -0.481 e. The Morgan fingerprint density at radius 1 is 1.47 bits per heavy atom.